The number of thiazole rings is 1. The normalized spacial score (nSPS) is 14.4. The smallest absolute Gasteiger partial charge is 0.261 e. The first-order chi connectivity index (χ1) is 16.0. The molecule has 1 saturated heterocycles. The molecule has 7 nitrogen and oxygen atoms in total. The van der Waals surface area contributed by atoms with Crippen molar-refractivity contribution in [3.63, 3.8) is 0 Å². The molecule has 0 N–H and O–H groups in total. The molecule has 2 aromatic carbocycles. The van der Waals surface area contributed by atoms with Crippen molar-refractivity contribution in [1.82, 2.24) is 9.88 Å². The van der Waals surface area contributed by atoms with E-state index in [-0.39, 0.29) is 5.91 Å². The van der Waals surface area contributed by atoms with Gasteiger partial charge in [-0.2, -0.15) is 0 Å². The zero-order chi connectivity index (χ0) is 23.4. The molecule has 176 valence electrons. The second-order valence-electron chi connectivity index (χ2n) is 7.53. The lowest BCUT2D eigenvalue weighted by molar-refractivity contribution is 0.0376. The minimum Gasteiger partial charge on any atom is -0.495 e. The molecule has 10 heteroatoms. The summed E-state index contributed by atoms with van der Waals surface area (Å²) in [5.41, 5.74) is 0.994. The van der Waals surface area contributed by atoms with Crippen molar-refractivity contribution in [3.05, 3.63) is 45.9 Å². The molecule has 0 aliphatic carbocycles. The number of rotatable bonds is 8. The molecule has 3 aromatic rings. The van der Waals surface area contributed by atoms with Gasteiger partial charge in [0, 0.05) is 31.2 Å². The van der Waals surface area contributed by atoms with Crippen molar-refractivity contribution in [2.45, 2.75) is 6.42 Å². The number of methoxy groups -OCH3 is 2. The highest BCUT2D eigenvalue weighted by atomic mass is 35.5. The van der Waals surface area contributed by atoms with Gasteiger partial charge in [-0.05, 0) is 36.8 Å². The standard InChI is InChI=1S/C23H25Cl2N3O4S/c1-30-18-6-7-19(31-2)21-20(18)26-23(33-21)28(9-3-8-27-10-12-32-13-11-27)22(29)16-14-15(24)4-5-17(16)25/h4-7,14H,3,8-13H2,1-2H3. The van der Waals surface area contributed by atoms with E-state index in [9.17, 15) is 4.79 Å². The van der Waals surface area contributed by atoms with Gasteiger partial charge >= 0.3 is 0 Å². The molecule has 0 atom stereocenters. The van der Waals surface area contributed by atoms with Gasteiger partial charge in [0.15, 0.2) is 5.13 Å². The highest BCUT2D eigenvalue weighted by molar-refractivity contribution is 7.22. The number of benzene rings is 2. The van der Waals surface area contributed by atoms with E-state index in [0.29, 0.717) is 44.3 Å². The minimum atomic E-state index is -0.249. The van der Waals surface area contributed by atoms with Crippen LogP contribution in [0.5, 0.6) is 11.5 Å². The van der Waals surface area contributed by atoms with Crippen LogP contribution in [0, 0.1) is 0 Å². The van der Waals surface area contributed by atoms with Crippen LogP contribution in [0.3, 0.4) is 0 Å². The number of carbonyl (C=O) groups excluding carboxylic acids is 1. The van der Waals surface area contributed by atoms with Crippen LogP contribution in [0.2, 0.25) is 10.0 Å². The number of anilines is 1. The Hall–Kier alpha value is -2.10. The van der Waals surface area contributed by atoms with Crippen molar-refractivity contribution in [2.24, 2.45) is 0 Å². The van der Waals surface area contributed by atoms with Crippen molar-refractivity contribution in [1.29, 1.82) is 0 Å². The predicted molar refractivity (Wildman–Crippen MR) is 133 cm³/mol. The van der Waals surface area contributed by atoms with E-state index in [4.69, 9.17) is 42.4 Å². The number of amides is 1. The molecule has 33 heavy (non-hydrogen) atoms. The molecule has 0 bridgehead atoms. The highest BCUT2D eigenvalue weighted by Crippen LogP contribution is 2.40. The lowest BCUT2D eigenvalue weighted by Gasteiger charge is -2.27. The Balaban J connectivity index is 1.68. The Morgan fingerprint density at radius 1 is 1.15 bits per heavy atom. The first-order valence-corrected chi connectivity index (χ1v) is 12.2. The molecule has 2 heterocycles. The summed E-state index contributed by atoms with van der Waals surface area (Å²) in [4.78, 5) is 22.4. The van der Waals surface area contributed by atoms with Gasteiger partial charge in [0.25, 0.3) is 5.91 Å². The van der Waals surface area contributed by atoms with Crippen molar-refractivity contribution in [3.8, 4) is 11.5 Å². The van der Waals surface area contributed by atoms with Crippen LogP contribution in [0.25, 0.3) is 10.2 Å². The summed E-state index contributed by atoms with van der Waals surface area (Å²) < 4.78 is 17.2. The van der Waals surface area contributed by atoms with Crippen LogP contribution in [-0.4, -0.2) is 69.4 Å². The second kappa shape index (κ2) is 10.9. The summed E-state index contributed by atoms with van der Waals surface area (Å²) in [7, 11) is 3.20. The molecule has 1 aliphatic rings. The number of nitrogens with zero attached hydrogens (tertiary/aromatic N) is 3. The molecule has 1 aliphatic heterocycles. The van der Waals surface area contributed by atoms with Gasteiger partial charge in [-0.15, -0.1) is 0 Å². The summed E-state index contributed by atoms with van der Waals surface area (Å²) >= 11 is 13.9. The van der Waals surface area contributed by atoms with Crippen LogP contribution in [0.15, 0.2) is 30.3 Å². The fraction of sp³-hybridized carbons (Fsp3) is 0.391. The van der Waals surface area contributed by atoms with Crippen LogP contribution >= 0.6 is 34.5 Å². The molecular weight excluding hydrogens is 485 g/mol. The van der Waals surface area contributed by atoms with Crippen molar-refractivity contribution < 1.29 is 19.0 Å². The Labute approximate surface area is 206 Å². The number of hydrogen-bond donors (Lipinski definition) is 0. The quantitative estimate of drug-likeness (QED) is 0.426. The molecule has 0 radical (unpaired) electrons. The fourth-order valence-electron chi connectivity index (χ4n) is 3.76. The van der Waals surface area contributed by atoms with Gasteiger partial charge < -0.3 is 14.2 Å². The number of ether oxygens (including phenoxy) is 3. The molecule has 4 rings (SSSR count). The number of aromatic nitrogens is 1. The van der Waals surface area contributed by atoms with E-state index >= 15 is 0 Å². The van der Waals surface area contributed by atoms with Crippen LogP contribution in [-0.2, 0) is 4.74 Å². The number of fused-ring (bicyclic) bond motifs is 1. The molecular formula is C23H25Cl2N3O4S. The van der Waals surface area contributed by atoms with E-state index in [1.807, 2.05) is 12.1 Å². The van der Waals surface area contributed by atoms with Crippen LogP contribution in [0.1, 0.15) is 16.8 Å². The molecule has 1 fully saturated rings. The third kappa shape index (κ3) is 5.36. The summed E-state index contributed by atoms with van der Waals surface area (Å²) in [6, 6.07) is 8.53. The van der Waals surface area contributed by atoms with Crippen LogP contribution in [0.4, 0.5) is 5.13 Å². The highest BCUT2D eigenvalue weighted by Gasteiger charge is 2.25. The Morgan fingerprint density at radius 3 is 2.61 bits per heavy atom. The van der Waals surface area contributed by atoms with Gasteiger partial charge in [0.2, 0.25) is 0 Å². The van der Waals surface area contributed by atoms with Crippen LogP contribution < -0.4 is 14.4 Å². The predicted octanol–water partition coefficient (Wildman–Crippen LogP) is 4.99. The summed E-state index contributed by atoms with van der Waals surface area (Å²) in [6.45, 7) is 4.58. The monoisotopic (exact) mass is 509 g/mol. The summed E-state index contributed by atoms with van der Waals surface area (Å²) in [5.74, 6) is 1.05. The largest absolute Gasteiger partial charge is 0.495 e. The Bertz CT molecular complexity index is 1090. The average molecular weight is 510 g/mol. The first-order valence-electron chi connectivity index (χ1n) is 10.6. The molecule has 0 unspecified atom stereocenters. The SMILES string of the molecule is COc1ccc(OC)c2sc(N(CCCN3CCOCC3)C(=O)c3cc(Cl)ccc3Cl)nc12. The van der Waals surface area contributed by atoms with Gasteiger partial charge in [-0.1, -0.05) is 34.5 Å². The molecule has 0 saturated carbocycles. The maximum atomic E-state index is 13.6. The zero-order valence-electron chi connectivity index (χ0n) is 18.5. The topological polar surface area (TPSA) is 64.1 Å². The van der Waals surface area contributed by atoms with E-state index in [1.54, 1.807) is 37.3 Å². The maximum absolute atomic E-state index is 13.6. The molecule has 0 spiro atoms. The number of morpholine rings is 1. The van der Waals surface area contributed by atoms with Gasteiger partial charge in [-0.3, -0.25) is 14.6 Å². The summed E-state index contributed by atoms with van der Waals surface area (Å²) in [6.07, 6.45) is 0.772. The van der Waals surface area contributed by atoms with E-state index in [1.165, 1.54) is 11.3 Å². The van der Waals surface area contributed by atoms with E-state index in [0.717, 1.165) is 44.0 Å². The zero-order valence-corrected chi connectivity index (χ0v) is 20.8. The van der Waals surface area contributed by atoms with E-state index < -0.39 is 0 Å². The lowest BCUT2D eigenvalue weighted by Crippen LogP contribution is -2.39. The second-order valence-corrected chi connectivity index (χ2v) is 9.35. The van der Waals surface area contributed by atoms with Gasteiger partial charge in [0.1, 0.15) is 21.7 Å². The third-order valence-electron chi connectivity index (χ3n) is 5.49. The number of hydrogen-bond acceptors (Lipinski definition) is 7. The Kier molecular flexibility index (Phi) is 7.93. The van der Waals surface area contributed by atoms with E-state index in [2.05, 4.69) is 4.90 Å². The molecule has 1 aromatic heterocycles. The van der Waals surface area contributed by atoms with Crippen molar-refractivity contribution in [2.75, 3.05) is 58.5 Å². The summed E-state index contributed by atoms with van der Waals surface area (Å²) in [5, 5.41) is 1.35. The Morgan fingerprint density at radius 2 is 1.88 bits per heavy atom. The number of carbonyl (C=O) groups is 1. The lowest BCUT2D eigenvalue weighted by atomic mass is 10.2. The third-order valence-corrected chi connectivity index (χ3v) is 7.15. The maximum Gasteiger partial charge on any atom is 0.261 e. The number of halogens is 2. The molecule has 1 amide bonds. The van der Waals surface area contributed by atoms with Gasteiger partial charge in [0.05, 0.1) is 38.0 Å². The van der Waals surface area contributed by atoms with Crippen molar-refractivity contribution >= 4 is 55.8 Å². The fourth-order valence-corrected chi connectivity index (χ4v) is 5.23. The minimum absolute atomic E-state index is 0.249. The first kappa shape index (κ1) is 24.0. The van der Waals surface area contributed by atoms with Gasteiger partial charge in [-0.25, -0.2) is 4.98 Å². The average Bonchev–Trinajstić information content (AvgIpc) is 3.28.